The van der Waals surface area contributed by atoms with Crippen LogP contribution >= 0.6 is 0 Å². The number of rotatable bonds is 5. The highest BCUT2D eigenvalue weighted by Gasteiger charge is 2.28. The first-order valence-corrected chi connectivity index (χ1v) is 10.3. The molecule has 2 heterocycles. The van der Waals surface area contributed by atoms with Crippen LogP contribution in [0, 0.1) is 13.8 Å². The summed E-state index contributed by atoms with van der Waals surface area (Å²) in [7, 11) is 3.37. The fourth-order valence-corrected chi connectivity index (χ4v) is 4.51. The molecule has 4 nitrogen and oxygen atoms in total. The zero-order chi connectivity index (χ0) is 20.4. The third-order valence-corrected chi connectivity index (χ3v) is 5.91. The number of hydrogen-bond acceptors (Lipinski definition) is 3. The molecule has 4 rings (SSSR count). The van der Waals surface area contributed by atoms with Gasteiger partial charge in [0.05, 0.1) is 20.3 Å². The Kier molecular flexibility index (Phi) is 5.63. The van der Waals surface area contributed by atoms with Crippen LogP contribution in [0.5, 0.6) is 11.5 Å². The van der Waals surface area contributed by atoms with Crippen molar-refractivity contribution in [3.63, 3.8) is 0 Å². The normalized spacial score (nSPS) is 16.9. The summed E-state index contributed by atoms with van der Waals surface area (Å²) in [5.41, 5.74) is 6.65. The molecule has 0 saturated carbocycles. The predicted octanol–water partition coefficient (Wildman–Crippen LogP) is 5.12. The van der Waals surface area contributed by atoms with E-state index in [1.54, 1.807) is 14.2 Å². The SMILES string of the molecule is COc1ccc(CN2CCCn3cccc3[C@H]2c2ccc(C)cc2C)cc1OC. The van der Waals surface area contributed by atoms with Crippen molar-refractivity contribution in [1.82, 2.24) is 9.47 Å². The van der Waals surface area contributed by atoms with E-state index in [0.717, 1.165) is 37.6 Å². The Labute approximate surface area is 173 Å². The van der Waals surface area contributed by atoms with Crippen molar-refractivity contribution < 1.29 is 9.47 Å². The number of aromatic nitrogens is 1. The van der Waals surface area contributed by atoms with Crippen LogP contribution in [-0.2, 0) is 13.1 Å². The van der Waals surface area contributed by atoms with Gasteiger partial charge in [0.25, 0.3) is 0 Å². The minimum Gasteiger partial charge on any atom is -0.493 e. The molecule has 3 aromatic rings. The Balaban J connectivity index is 1.74. The van der Waals surface area contributed by atoms with Gasteiger partial charge in [-0.3, -0.25) is 4.90 Å². The fraction of sp³-hybridized carbons (Fsp3) is 0.360. The van der Waals surface area contributed by atoms with Gasteiger partial charge < -0.3 is 14.0 Å². The van der Waals surface area contributed by atoms with E-state index >= 15 is 0 Å². The largest absolute Gasteiger partial charge is 0.493 e. The Morgan fingerprint density at radius 3 is 2.52 bits per heavy atom. The highest BCUT2D eigenvalue weighted by molar-refractivity contribution is 5.43. The molecule has 1 aliphatic rings. The molecule has 0 unspecified atom stereocenters. The quantitative estimate of drug-likeness (QED) is 0.605. The van der Waals surface area contributed by atoms with E-state index in [4.69, 9.17) is 9.47 Å². The first kappa shape index (κ1) is 19.6. The summed E-state index contributed by atoms with van der Waals surface area (Å²) in [6.07, 6.45) is 3.35. The number of hydrogen-bond donors (Lipinski definition) is 0. The van der Waals surface area contributed by atoms with E-state index in [9.17, 15) is 0 Å². The van der Waals surface area contributed by atoms with E-state index in [-0.39, 0.29) is 6.04 Å². The molecule has 0 fully saturated rings. The lowest BCUT2D eigenvalue weighted by molar-refractivity contribution is 0.219. The minimum absolute atomic E-state index is 0.237. The minimum atomic E-state index is 0.237. The van der Waals surface area contributed by atoms with Crippen LogP contribution < -0.4 is 9.47 Å². The lowest BCUT2D eigenvalue weighted by atomic mass is 9.95. The average molecular weight is 391 g/mol. The van der Waals surface area contributed by atoms with Gasteiger partial charge >= 0.3 is 0 Å². The highest BCUT2D eigenvalue weighted by Crippen LogP contribution is 2.36. The van der Waals surface area contributed by atoms with Crippen LogP contribution in [0.15, 0.2) is 54.7 Å². The zero-order valence-electron chi connectivity index (χ0n) is 17.8. The molecule has 29 heavy (non-hydrogen) atoms. The molecule has 1 atom stereocenters. The maximum atomic E-state index is 5.53. The molecule has 1 aliphatic heterocycles. The molecule has 0 bridgehead atoms. The lowest BCUT2D eigenvalue weighted by Crippen LogP contribution is -2.30. The summed E-state index contributed by atoms with van der Waals surface area (Å²) >= 11 is 0. The second kappa shape index (κ2) is 8.34. The van der Waals surface area contributed by atoms with Gasteiger partial charge in [0.15, 0.2) is 11.5 Å². The van der Waals surface area contributed by atoms with E-state index in [2.05, 4.69) is 72.0 Å². The lowest BCUT2D eigenvalue weighted by Gasteiger charge is -2.32. The fourth-order valence-electron chi connectivity index (χ4n) is 4.51. The third-order valence-electron chi connectivity index (χ3n) is 5.91. The Hall–Kier alpha value is -2.72. The first-order chi connectivity index (χ1) is 14.1. The number of fused-ring (bicyclic) bond motifs is 1. The van der Waals surface area contributed by atoms with Crippen molar-refractivity contribution in [3.8, 4) is 11.5 Å². The van der Waals surface area contributed by atoms with Gasteiger partial charge in [-0.1, -0.05) is 29.8 Å². The van der Waals surface area contributed by atoms with Crippen molar-refractivity contribution in [3.05, 3.63) is 82.7 Å². The number of benzene rings is 2. The van der Waals surface area contributed by atoms with Crippen LogP contribution in [0.2, 0.25) is 0 Å². The van der Waals surface area contributed by atoms with Crippen molar-refractivity contribution in [2.75, 3.05) is 20.8 Å². The second-order valence-electron chi connectivity index (χ2n) is 7.90. The van der Waals surface area contributed by atoms with Gasteiger partial charge in [0.1, 0.15) is 0 Å². The van der Waals surface area contributed by atoms with Crippen LogP contribution in [0.25, 0.3) is 0 Å². The molecule has 0 N–H and O–H groups in total. The summed E-state index contributed by atoms with van der Waals surface area (Å²) in [4.78, 5) is 2.59. The maximum absolute atomic E-state index is 5.53. The van der Waals surface area contributed by atoms with Gasteiger partial charge in [-0.05, 0) is 61.2 Å². The van der Waals surface area contributed by atoms with Crippen LogP contribution in [-0.4, -0.2) is 30.2 Å². The van der Waals surface area contributed by atoms with Gasteiger partial charge in [0.2, 0.25) is 0 Å². The molecular formula is C25H30N2O2. The summed E-state index contributed by atoms with van der Waals surface area (Å²) < 4.78 is 13.4. The molecule has 152 valence electrons. The first-order valence-electron chi connectivity index (χ1n) is 10.3. The van der Waals surface area contributed by atoms with E-state index in [1.807, 2.05) is 6.07 Å². The average Bonchev–Trinajstić information content (AvgIpc) is 3.11. The standard InChI is InChI=1S/C25H30N2O2/c1-18-8-10-21(19(2)15-18)25-22-7-5-12-26(22)13-6-14-27(25)17-20-9-11-23(28-3)24(16-20)29-4/h5,7-12,15-16,25H,6,13-14,17H2,1-4H3/t25-/m1/s1. The van der Waals surface area contributed by atoms with Gasteiger partial charge in [-0.15, -0.1) is 0 Å². The topological polar surface area (TPSA) is 26.6 Å². The van der Waals surface area contributed by atoms with Crippen LogP contribution in [0.3, 0.4) is 0 Å². The molecular weight excluding hydrogens is 360 g/mol. The number of nitrogens with zero attached hydrogens (tertiary/aromatic N) is 2. The van der Waals surface area contributed by atoms with E-state index < -0.39 is 0 Å². The molecule has 0 amide bonds. The van der Waals surface area contributed by atoms with E-state index in [1.165, 1.54) is 27.9 Å². The Morgan fingerprint density at radius 2 is 1.76 bits per heavy atom. The smallest absolute Gasteiger partial charge is 0.161 e. The summed E-state index contributed by atoms with van der Waals surface area (Å²) in [6, 6.07) is 17.8. The van der Waals surface area contributed by atoms with Crippen molar-refractivity contribution in [2.24, 2.45) is 0 Å². The summed E-state index contributed by atoms with van der Waals surface area (Å²) in [6.45, 7) is 7.37. The van der Waals surface area contributed by atoms with Gasteiger partial charge in [0, 0.05) is 31.5 Å². The van der Waals surface area contributed by atoms with Crippen molar-refractivity contribution >= 4 is 0 Å². The molecule has 0 spiro atoms. The molecule has 0 aliphatic carbocycles. The molecule has 0 saturated heterocycles. The molecule has 4 heteroatoms. The highest BCUT2D eigenvalue weighted by atomic mass is 16.5. The predicted molar refractivity (Wildman–Crippen MR) is 117 cm³/mol. The van der Waals surface area contributed by atoms with Crippen LogP contribution in [0.1, 0.15) is 40.4 Å². The van der Waals surface area contributed by atoms with Crippen molar-refractivity contribution in [1.29, 1.82) is 0 Å². The number of aryl methyl sites for hydroxylation is 3. The van der Waals surface area contributed by atoms with E-state index in [0.29, 0.717) is 0 Å². The van der Waals surface area contributed by atoms with Crippen molar-refractivity contribution in [2.45, 2.75) is 39.4 Å². The number of ether oxygens (including phenoxy) is 2. The molecule has 1 aromatic heterocycles. The second-order valence-corrected chi connectivity index (χ2v) is 7.90. The monoisotopic (exact) mass is 390 g/mol. The maximum Gasteiger partial charge on any atom is 0.161 e. The Bertz CT molecular complexity index is 992. The summed E-state index contributed by atoms with van der Waals surface area (Å²) in [5, 5.41) is 0. The Morgan fingerprint density at radius 1 is 0.931 bits per heavy atom. The van der Waals surface area contributed by atoms with Gasteiger partial charge in [-0.25, -0.2) is 0 Å². The summed E-state index contributed by atoms with van der Waals surface area (Å²) in [5.74, 6) is 1.55. The molecule has 2 aromatic carbocycles. The third kappa shape index (κ3) is 3.90. The zero-order valence-corrected chi connectivity index (χ0v) is 17.8. The number of methoxy groups -OCH3 is 2. The van der Waals surface area contributed by atoms with Gasteiger partial charge in [-0.2, -0.15) is 0 Å². The van der Waals surface area contributed by atoms with Crippen LogP contribution in [0.4, 0.5) is 0 Å². The molecule has 0 radical (unpaired) electrons.